The van der Waals surface area contributed by atoms with E-state index in [4.69, 9.17) is 4.74 Å². The van der Waals surface area contributed by atoms with Crippen LogP contribution in [0.1, 0.15) is 129 Å². The maximum Gasteiger partial charge on any atom is 0.328 e. The Morgan fingerprint density at radius 3 is 1.53 bits per heavy atom. The maximum absolute atomic E-state index is 11.7. The number of ether oxygens (including phenoxy) is 1. The lowest BCUT2D eigenvalue weighted by atomic mass is 9.98. The molecule has 0 saturated carbocycles. The van der Waals surface area contributed by atoms with Crippen LogP contribution in [0, 0.1) is 5.92 Å². The second-order valence-electron chi connectivity index (χ2n) is 9.42. The molecule has 0 aliphatic carbocycles. The van der Waals surface area contributed by atoms with E-state index >= 15 is 0 Å². The van der Waals surface area contributed by atoms with E-state index in [-0.39, 0.29) is 6.10 Å². The third-order valence-corrected chi connectivity index (χ3v) is 6.37. The fourth-order valence-corrected chi connectivity index (χ4v) is 4.23. The van der Waals surface area contributed by atoms with Gasteiger partial charge in [-0.15, -0.1) is 0 Å². The van der Waals surface area contributed by atoms with E-state index in [9.17, 15) is 14.4 Å². The molecule has 6 nitrogen and oxygen atoms in total. The topological polar surface area (TPSA) is 84.5 Å². The number of urea groups is 1. The zero-order valence-electron chi connectivity index (χ0n) is 20.7. The average molecular weight is 453 g/mol. The maximum atomic E-state index is 11.7. The van der Waals surface area contributed by atoms with Crippen LogP contribution in [-0.2, 0) is 14.3 Å². The summed E-state index contributed by atoms with van der Waals surface area (Å²) in [4.78, 5) is 34.5. The molecule has 1 saturated heterocycles. The van der Waals surface area contributed by atoms with E-state index in [1.54, 1.807) is 0 Å². The molecular formula is C26H48N2O4. The van der Waals surface area contributed by atoms with Gasteiger partial charge in [0.1, 0.15) is 5.92 Å². The highest BCUT2D eigenvalue weighted by Crippen LogP contribution is 2.15. The number of carbonyl (C=O) groups excluding carboxylic acids is 3. The zero-order chi connectivity index (χ0) is 23.4. The van der Waals surface area contributed by atoms with E-state index in [0.29, 0.717) is 12.8 Å². The highest BCUT2D eigenvalue weighted by Gasteiger charge is 2.33. The third-order valence-electron chi connectivity index (χ3n) is 6.37. The molecule has 4 amide bonds. The van der Waals surface area contributed by atoms with Crippen molar-refractivity contribution in [3.8, 4) is 0 Å². The lowest BCUT2D eigenvalue weighted by Gasteiger charge is -2.21. The summed E-state index contributed by atoms with van der Waals surface area (Å²) in [6, 6.07) is -0.732. The monoisotopic (exact) mass is 452 g/mol. The van der Waals surface area contributed by atoms with Crippen LogP contribution in [0.5, 0.6) is 0 Å². The summed E-state index contributed by atoms with van der Waals surface area (Å²) in [7, 11) is 0. The molecule has 0 aromatic carbocycles. The van der Waals surface area contributed by atoms with Gasteiger partial charge in [-0.3, -0.25) is 20.2 Å². The molecule has 6 heteroatoms. The Labute approximate surface area is 196 Å². The Morgan fingerprint density at radius 2 is 1.09 bits per heavy atom. The molecular weight excluding hydrogens is 404 g/mol. The molecule has 1 heterocycles. The number of imide groups is 2. The Bertz CT molecular complexity index is 504. The molecule has 186 valence electrons. The molecule has 1 aliphatic rings. The summed E-state index contributed by atoms with van der Waals surface area (Å²) >= 11 is 0. The Kier molecular flexibility index (Phi) is 17.1. The predicted octanol–water partition coefficient (Wildman–Crippen LogP) is 6.42. The fraction of sp³-hybridized carbons (Fsp3) is 0.885. The van der Waals surface area contributed by atoms with Gasteiger partial charge in [0.05, 0.1) is 6.10 Å². The van der Waals surface area contributed by atoms with Crippen molar-refractivity contribution < 1.29 is 19.1 Å². The molecule has 0 bridgehead atoms. The van der Waals surface area contributed by atoms with E-state index < -0.39 is 23.8 Å². The molecule has 0 aromatic rings. The summed E-state index contributed by atoms with van der Waals surface area (Å²) in [5.74, 6) is -1.82. The van der Waals surface area contributed by atoms with Gasteiger partial charge in [-0.25, -0.2) is 4.79 Å². The van der Waals surface area contributed by atoms with E-state index in [2.05, 4.69) is 17.6 Å². The molecule has 2 N–H and O–H groups in total. The van der Waals surface area contributed by atoms with Crippen LogP contribution in [0.2, 0.25) is 0 Å². The van der Waals surface area contributed by atoms with Gasteiger partial charge in [-0.1, -0.05) is 103 Å². The second-order valence-corrected chi connectivity index (χ2v) is 9.42. The molecule has 0 aromatic heterocycles. The summed E-state index contributed by atoms with van der Waals surface area (Å²) in [6.45, 7) is 4.97. The van der Waals surface area contributed by atoms with Crippen LogP contribution >= 0.6 is 0 Å². The lowest BCUT2D eigenvalue weighted by molar-refractivity contribution is -0.136. The minimum atomic E-state index is -0.797. The minimum Gasteiger partial charge on any atom is -0.379 e. The van der Waals surface area contributed by atoms with Gasteiger partial charge in [-0.2, -0.15) is 0 Å². The van der Waals surface area contributed by atoms with Crippen molar-refractivity contribution in [2.45, 2.75) is 136 Å². The van der Waals surface area contributed by atoms with Gasteiger partial charge < -0.3 is 4.74 Å². The van der Waals surface area contributed by atoms with Gasteiger partial charge in [-0.05, 0) is 26.2 Å². The van der Waals surface area contributed by atoms with Crippen molar-refractivity contribution in [2.75, 3.05) is 6.61 Å². The standard InChI is InChI=1S/C26H48N2O4/c1-3-4-5-6-7-8-9-10-11-12-13-14-15-16-17-18-21-32-22(2)19-20-23-24(29)27-26(31)28-25(23)30/h22-23H,3-21H2,1-2H3,(H2,27,28,29,30,31). The van der Waals surface area contributed by atoms with Crippen LogP contribution in [0.4, 0.5) is 4.79 Å². The number of hydrogen-bond acceptors (Lipinski definition) is 4. The number of unbranched alkanes of at least 4 members (excludes halogenated alkanes) is 15. The quantitative estimate of drug-likeness (QED) is 0.155. The van der Waals surface area contributed by atoms with Gasteiger partial charge >= 0.3 is 6.03 Å². The highest BCUT2D eigenvalue weighted by atomic mass is 16.5. The number of amides is 4. The summed E-state index contributed by atoms with van der Waals surface area (Å²) in [5, 5.41) is 4.27. The van der Waals surface area contributed by atoms with Gasteiger partial charge in [0.15, 0.2) is 0 Å². The number of carbonyl (C=O) groups is 3. The Morgan fingerprint density at radius 1 is 0.688 bits per heavy atom. The first-order chi connectivity index (χ1) is 15.5. The van der Waals surface area contributed by atoms with E-state index in [1.165, 1.54) is 96.3 Å². The Balaban J connectivity index is 1.82. The van der Waals surface area contributed by atoms with Crippen LogP contribution < -0.4 is 10.6 Å². The average Bonchev–Trinajstić information content (AvgIpc) is 2.75. The van der Waals surface area contributed by atoms with Crippen LogP contribution in [0.25, 0.3) is 0 Å². The molecule has 1 rings (SSSR count). The van der Waals surface area contributed by atoms with Crippen molar-refractivity contribution in [1.29, 1.82) is 0 Å². The first-order valence-electron chi connectivity index (χ1n) is 13.3. The number of barbiturate groups is 1. The second kappa shape index (κ2) is 19.1. The molecule has 0 radical (unpaired) electrons. The number of rotatable bonds is 21. The SMILES string of the molecule is CCCCCCCCCCCCCCCCCCOC(C)CCC1C(=O)NC(=O)NC1=O. The van der Waals surface area contributed by atoms with Crippen LogP contribution in [-0.4, -0.2) is 30.6 Å². The number of hydrogen-bond donors (Lipinski definition) is 2. The Hall–Kier alpha value is -1.43. The van der Waals surface area contributed by atoms with Crippen molar-refractivity contribution in [3.05, 3.63) is 0 Å². The van der Waals surface area contributed by atoms with Gasteiger partial charge in [0, 0.05) is 6.61 Å². The fourth-order valence-electron chi connectivity index (χ4n) is 4.23. The predicted molar refractivity (Wildman–Crippen MR) is 129 cm³/mol. The molecule has 1 aliphatic heterocycles. The largest absolute Gasteiger partial charge is 0.379 e. The first kappa shape index (κ1) is 28.6. The van der Waals surface area contributed by atoms with Crippen molar-refractivity contribution in [3.63, 3.8) is 0 Å². The minimum absolute atomic E-state index is 0.00423. The summed E-state index contributed by atoms with van der Waals surface area (Å²) in [6.07, 6.45) is 22.7. The smallest absolute Gasteiger partial charge is 0.328 e. The van der Waals surface area contributed by atoms with Gasteiger partial charge in [0.2, 0.25) is 11.8 Å². The van der Waals surface area contributed by atoms with Crippen LogP contribution in [0.3, 0.4) is 0 Å². The summed E-state index contributed by atoms with van der Waals surface area (Å²) in [5.41, 5.74) is 0. The van der Waals surface area contributed by atoms with Crippen molar-refractivity contribution >= 4 is 17.8 Å². The molecule has 1 atom stereocenters. The zero-order valence-corrected chi connectivity index (χ0v) is 20.7. The first-order valence-corrected chi connectivity index (χ1v) is 13.3. The normalized spacial score (nSPS) is 15.6. The number of nitrogens with one attached hydrogen (secondary N) is 2. The van der Waals surface area contributed by atoms with E-state index in [1.807, 2.05) is 6.92 Å². The molecule has 1 fully saturated rings. The van der Waals surface area contributed by atoms with E-state index in [0.717, 1.165) is 13.0 Å². The molecule has 1 unspecified atom stereocenters. The van der Waals surface area contributed by atoms with Crippen molar-refractivity contribution in [1.82, 2.24) is 10.6 Å². The highest BCUT2D eigenvalue weighted by molar-refractivity contribution is 6.16. The molecule has 0 spiro atoms. The van der Waals surface area contributed by atoms with Gasteiger partial charge in [0.25, 0.3) is 0 Å². The third kappa shape index (κ3) is 14.6. The van der Waals surface area contributed by atoms with Crippen molar-refractivity contribution in [2.24, 2.45) is 5.92 Å². The lowest BCUT2D eigenvalue weighted by Crippen LogP contribution is -2.55. The van der Waals surface area contributed by atoms with Crippen LogP contribution in [0.15, 0.2) is 0 Å². The summed E-state index contributed by atoms with van der Waals surface area (Å²) < 4.78 is 5.81. The molecule has 32 heavy (non-hydrogen) atoms.